The third-order valence-corrected chi connectivity index (χ3v) is 4.77. The molecule has 0 radical (unpaired) electrons. The van der Waals surface area contributed by atoms with E-state index in [-0.39, 0.29) is 0 Å². The molecule has 3 heteroatoms. The lowest BCUT2D eigenvalue weighted by Gasteiger charge is -2.40. The molecule has 1 heterocycles. The van der Waals surface area contributed by atoms with Crippen LogP contribution in [0.2, 0.25) is 0 Å². The molecule has 1 aliphatic carbocycles. The number of nitrogens with two attached hydrogens (primary N) is 1. The van der Waals surface area contributed by atoms with E-state index in [1.807, 2.05) is 0 Å². The number of piperazine rings is 1. The van der Waals surface area contributed by atoms with E-state index in [1.165, 1.54) is 51.7 Å². The Morgan fingerprint density at radius 3 is 2.53 bits per heavy atom. The molecule has 0 aromatic carbocycles. The van der Waals surface area contributed by atoms with Gasteiger partial charge >= 0.3 is 0 Å². The molecule has 3 nitrogen and oxygen atoms in total. The van der Waals surface area contributed by atoms with Crippen LogP contribution in [0, 0.1) is 5.92 Å². The fraction of sp³-hybridized carbons (Fsp3) is 1.00. The van der Waals surface area contributed by atoms with E-state index in [0.717, 1.165) is 12.5 Å². The maximum atomic E-state index is 6.40. The Balaban J connectivity index is 1.76. The first-order valence-corrected chi connectivity index (χ1v) is 7.35. The molecule has 0 spiro atoms. The Morgan fingerprint density at radius 1 is 1.18 bits per heavy atom. The van der Waals surface area contributed by atoms with Crippen LogP contribution in [-0.4, -0.2) is 55.1 Å². The first-order valence-electron chi connectivity index (χ1n) is 7.35. The number of nitrogens with zero attached hydrogens (tertiary/aromatic N) is 2. The van der Waals surface area contributed by atoms with Gasteiger partial charge in [0, 0.05) is 38.3 Å². The largest absolute Gasteiger partial charge is 0.326 e. The number of rotatable bonds is 3. The fourth-order valence-corrected chi connectivity index (χ4v) is 3.30. The summed E-state index contributed by atoms with van der Waals surface area (Å²) in [5.41, 5.74) is 6.40. The summed E-state index contributed by atoms with van der Waals surface area (Å²) in [5.74, 6) is 0.790. The second-order valence-corrected chi connectivity index (χ2v) is 6.15. The van der Waals surface area contributed by atoms with Crippen LogP contribution in [0.15, 0.2) is 0 Å². The van der Waals surface area contributed by atoms with E-state index in [9.17, 15) is 0 Å². The molecule has 2 rings (SSSR count). The van der Waals surface area contributed by atoms with E-state index in [2.05, 4.69) is 23.8 Å². The number of hydrogen-bond donors (Lipinski definition) is 1. The second kappa shape index (κ2) is 6.17. The van der Waals surface area contributed by atoms with Gasteiger partial charge in [-0.2, -0.15) is 0 Å². The third kappa shape index (κ3) is 3.67. The maximum absolute atomic E-state index is 6.40. The van der Waals surface area contributed by atoms with Crippen molar-refractivity contribution >= 4 is 0 Å². The zero-order chi connectivity index (χ0) is 12.3. The summed E-state index contributed by atoms with van der Waals surface area (Å²) in [6.45, 7) is 7.01. The van der Waals surface area contributed by atoms with Crippen LogP contribution in [0.1, 0.15) is 39.0 Å². The van der Waals surface area contributed by atoms with E-state index in [0.29, 0.717) is 12.1 Å². The van der Waals surface area contributed by atoms with Crippen molar-refractivity contribution in [3.63, 3.8) is 0 Å². The Labute approximate surface area is 106 Å². The zero-order valence-corrected chi connectivity index (χ0v) is 11.6. The van der Waals surface area contributed by atoms with Crippen molar-refractivity contribution in [3.05, 3.63) is 0 Å². The lowest BCUT2D eigenvalue weighted by atomic mass is 9.84. The van der Waals surface area contributed by atoms with Gasteiger partial charge in [0.15, 0.2) is 0 Å². The molecule has 0 amide bonds. The molecule has 2 fully saturated rings. The van der Waals surface area contributed by atoms with E-state index in [4.69, 9.17) is 5.73 Å². The van der Waals surface area contributed by atoms with Crippen molar-refractivity contribution in [3.8, 4) is 0 Å². The minimum Gasteiger partial charge on any atom is -0.326 e. The minimum absolute atomic E-state index is 0.408. The highest BCUT2D eigenvalue weighted by Gasteiger charge is 2.26. The Kier molecular flexibility index (Phi) is 4.83. The summed E-state index contributed by atoms with van der Waals surface area (Å²) in [5, 5.41) is 0. The van der Waals surface area contributed by atoms with Crippen LogP contribution in [0.4, 0.5) is 0 Å². The molecular formula is C14H29N3. The van der Waals surface area contributed by atoms with E-state index < -0.39 is 0 Å². The second-order valence-electron chi connectivity index (χ2n) is 6.15. The van der Waals surface area contributed by atoms with Gasteiger partial charge in [0.1, 0.15) is 0 Å². The summed E-state index contributed by atoms with van der Waals surface area (Å²) in [4.78, 5) is 5.02. The van der Waals surface area contributed by atoms with Crippen molar-refractivity contribution in [1.29, 1.82) is 0 Å². The van der Waals surface area contributed by atoms with Gasteiger partial charge in [-0.05, 0) is 32.7 Å². The van der Waals surface area contributed by atoms with Crippen molar-refractivity contribution in [2.75, 3.05) is 33.2 Å². The molecular weight excluding hydrogens is 210 g/mol. The SMILES string of the molecule is CC1CN(CC(N)C2CCCCC2)CCN1C. The Hall–Kier alpha value is -0.120. The molecule has 2 unspecified atom stereocenters. The Bertz CT molecular complexity index is 226. The molecule has 1 aliphatic heterocycles. The highest BCUT2D eigenvalue weighted by atomic mass is 15.3. The average Bonchev–Trinajstić information content (AvgIpc) is 2.35. The summed E-state index contributed by atoms with van der Waals surface area (Å²) in [7, 11) is 2.23. The van der Waals surface area contributed by atoms with Crippen LogP contribution >= 0.6 is 0 Å². The van der Waals surface area contributed by atoms with Gasteiger partial charge in [0.2, 0.25) is 0 Å². The van der Waals surface area contributed by atoms with Crippen LogP contribution in [-0.2, 0) is 0 Å². The molecule has 100 valence electrons. The van der Waals surface area contributed by atoms with Gasteiger partial charge in [-0.1, -0.05) is 19.3 Å². The van der Waals surface area contributed by atoms with Crippen molar-refractivity contribution < 1.29 is 0 Å². The summed E-state index contributed by atoms with van der Waals surface area (Å²) in [6, 6.07) is 1.09. The summed E-state index contributed by atoms with van der Waals surface area (Å²) < 4.78 is 0. The van der Waals surface area contributed by atoms with Crippen LogP contribution in [0.5, 0.6) is 0 Å². The number of hydrogen-bond acceptors (Lipinski definition) is 3. The molecule has 1 saturated carbocycles. The quantitative estimate of drug-likeness (QED) is 0.811. The molecule has 1 saturated heterocycles. The van der Waals surface area contributed by atoms with Gasteiger partial charge < -0.3 is 10.6 Å². The van der Waals surface area contributed by atoms with Gasteiger partial charge in [0.25, 0.3) is 0 Å². The average molecular weight is 239 g/mol. The van der Waals surface area contributed by atoms with Crippen molar-refractivity contribution in [1.82, 2.24) is 9.80 Å². The van der Waals surface area contributed by atoms with E-state index >= 15 is 0 Å². The van der Waals surface area contributed by atoms with Gasteiger partial charge in [-0.15, -0.1) is 0 Å². The van der Waals surface area contributed by atoms with Gasteiger partial charge in [0.05, 0.1) is 0 Å². The normalized spacial score (nSPS) is 31.6. The van der Waals surface area contributed by atoms with Crippen molar-refractivity contribution in [2.45, 2.75) is 51.1 Å². The standard InChI is InChI=1S/C14H29N3/c1-12-10-17(9-8-16(12)2)11-14(15)13-6-4-3-5-7-13/h12-14H,3-11,15H2,1-2H3. The lowest BCUT2D eigenvalue weighted by molar-refractivity contribution is 0.0916. The van der Waals surface area contributed by atoms with Crippen molar-refractivity contribution in [2.24, 2.45) is 11.7 Å². The maximum Gasteiger partial charge on any atom is 0.0196 e. The first kappa shape index (κ1) is 13.3. The topological polar surface area (TPSA) is 32.5 Å². The van der Waals surface area contributed by atoms with E-state index in [1.54, 1.807) is 0 Å². The predicted molar refractivity (Wildman–Crippen MR) is 73.1 cm³/mol. The van der Waals surface area contributed by atoms with Crippen LogP contribution in [0.3, 0.4) is 0 Å². The zero-order valence-electron chi connectivity index (χ0n) is 11.6. The highest BCUT2D eigenvalue weighted by Crippen LogP contribution is 2.26. The summed E-state index contributed by atoms with van der Waals surface area (Å²) in [6.07, 6.45) is 6.96. The molecule has 2 atom stereocenters. The molecule has 0 aromatic heterocycles. The summed E-state index contributed by atoms with van der Waals surface area (Å²) >= 11 is 0. The smallest absolute Gasteiger partial charge is 0.0196 e. The molecule has 17 heavy (non-hydrogen) atoms. The predicted octanol–water partition coefficient (Wildman–Crippen LogP) is 1.53. The third-order valence-electron chi connectivity index (χ3n) is 4.77. The Morgan fingerprint density at radius 2 is 1.88 bits per heavy atom. The first-order chi connectivity index (χ1) is 8.16. The molecule has 0 bridgehead atoms. The monoisotopic (exact) mass is 239 g/mol. The van der Waals surface area contributed by atoms with Gasteiger partial charge in [-0.25, -0.2) is 0 Å². The van der Waals surface area contributed by atoms with Gasteiger partial charge in [-0.3, -0.25) is 4.90 Å². The fourth-order valence-electron chi connectivity index (χ4n) is 3.30. The molecule has 2 N–H and O–H groups in total. The molecule has 0 aromatic rings. The van der Waals surface area contributed by atoms with Crippen LogP contribution in [0.25, 0.3) is 0 Å². The highest BCUT2D eigenvalue weighted by molar-refractivity contribution is 4.83. The minimum atomic E-state index is 0.408. The molecule has 2 aliphatic rings. The van der Waals surface area contributed by atoms with Crippen LogP contribution < -0.4 is 5.73 Å². The number of likely N-dealkylation sites (N-methyl/N-ethyl adjacent to an activating group) is 1. The lowest BCUT2D eigenvalue weighted by Crippen LogP contribution is -2.53.